The molecule has 0 saturated heterocycles. The highest BCUT2D eigenvalue weighted by molar-refractivity contribution is 7.91. The number of thiophene rings is 1. The fourth-order valence-electron chi connectivity index (χ4n) is 1.45. The predicted octanol–water partition coefficient (Wildman–Crippen LogP) is 1.74. The third-order valence-corrected chi connectivity index (χ3v) is 5.26. The lowest BCUT2D eigenvalue weighted by Crippen LogP contribution is -2.25. The fraction of sp³-hybridized carbons (Fsp3) is 0.273. The number of aliphatic hydroxyl groups is 1. The Labute approximate surface area is 109 Å². The van der Waals surface area contributed by atoms with Gasteiger partial charge in [0.25, 0.3) is 0 Å². The number of aliphatic hydroxyl groups excluding tert-OH is 1. The van der Waals surface area contributed by atoms with Crippen molar-refractivity contribution in [2.75, 3.05) is 6.54 Å². The number of rotatable bonds is 6. The summed E-state index contributed by atoms with van der Waals surface area (Å²) < 4.78 is 31.1. The van der Waals surface area contributed by atoms with Crippen LogP contribution >= 0.6 is 11.3 Å². The Bertz CT molecular complexity index is 560. The lowest BCUT2D eigenvalue weighted by Gasteiger charge is -2.09. The van der Waals surface area contributed by atoms with Crippen molar-refractivity contribution in [1.29, 1.82) is 0 Å². The molecule has 0 amide bonds. The molecule has 98 valence electrons. The molecule has 0 radical (unpaired) electrons. The van der Waals surface area contributed by atoms with E-state index in [1.54, 1.807) is 23.6 Å². The molecule has 0 aliphatic carbocycles. The lowest BCUT2D eigenvalue weighted by atomic mass is 10.1. The maximum atomic E-state index is 11.8. The molecule has 0 saturated carbocycles. The van der Waals surface area contributed by atoms with Crippen LogP contribution in [0.5, 0.6) is 0 Å². The van der Waals surface area contributed by atoms with Gasteiger partial charge in [-0.2, -0.15) is 0 Å². The summed E-state index contributed by atoms with van der Waals surface area (Å²) >= 11 is 1.16. The Hall–Kier alpha value is -1.15. The van der Waals surface area contributed by atoms with Crippen LogP contribution in [0.1, 0.15) is 18.1 Å². The van der Waals surface area contributed by atoms with Gasteiger partial charge in [0.05, 0.1) is 18.6 Å². The smallest absolute Gasteiger partial charge is 0.250 e. The van der Waals surface area contributed by atoms with E-state index in [2.05, 4.69) is 4.72 Å². The summed E-state index contributed by atoms with van der Waals surface area (Å²) in [6, 6.07) is 4.87. The van der Waals surface area contributed by atoms with Crippen LogP contribution in [0.15, 0.2) is 44.7 Å². The first kappa shape index (κ1) is 13.3. The number of nitrogens with one attached hydrogen (secondary N) is 1. The van der Waals surface area contributed by atoms with Gasteiger partial charge in [-0.3, -0.25) is 0 Å². The fourth-order valence-corrected chi connectivity index (χ4v) is 3.53. The molecule has 2 aromatic heterocycles. The van der Waals surface area contributed by atoms with Gasteiger partial charge in [-0.25, -0.2) is 13.1 Å². The number of sulfonamides is 1. The molecule has 18 heavy (non-hydrogen) atoms. The summed E-state index contributed by atoms with van der Waals surface area (Å²) in [5, 5.41) is 11.4. The molecule has 2 aromatic rings. The van der Waals surface area contributed by atoms with E-state index in [0.29, 0.717) is 12.0 Å². The van der Waals surface area contributed by atoms with Crippen molar-refractivity contribution in [2.24, 2.45) is 0 Å². The summed E-state index contributed by atoms with van der Waals surface area (Å²) in [5.41, 5.74) is 0.644. The largest absolute Gasteiger partial charge is 0.472 e. The zero-order valence-corrected chi connectivity index (χ0v) is 11.1. The van der Waals surface area contributed by atoms with Crippen molar-refractivity contribution in [3.63, 3.8) is 0 Å². The van der Waals surface area contributed by atoms with Crippen LogP contribution in [-0.2, 0) is 10.0 Å². The minimum atomic E-state index is -3.45. The maximum Gasteiger partial charge on any atom is 0.250 e. The molecule has 0 aliphatic rings. The van der Waals surface area contributed by atoms with Gasteiger partial charge in [0, 0.05) is 12.1 Å². The number of furan rings is 1. The molecule has 0 aromatic carbocycles. The molecule has 0 aliphatic heterocycles. The van der Waals surface area contributed by atoms with Crippen LogP contribution < -0.4 is 4.72 Å². The average Bonchev–Trinajstić information content (AvgIpc) is 3.02. The highest BCUT2D eigenvalue weighted by Crippen LogP contribution is 2.18. The standard InChI is InChI=1S/C11H13NO4S2/c13-10(9-4-6-16-8-9)3-5-12-18(14,15)11-2-1-7-17-11/h1-2,4,6-8,10,12-13H,3,5H2/t10-/m1/s1. The highest BCUT2D eigenvalue weighted by Gasteiger charge is 2.15. The molecule has 7 heteroatoms. The van der Waals surface area contributed by atoms with Gasteiger partial charge in [-0.15, -0.1) is 11.3 Å². The van der Waals surface area contributed by atoms with E-state index < -0.39 is 16.1 Å². The molecule has 0 spiro atoms. The zero-order chi connectivity index (χ0) is 13.0. The quantitative estimate of drug-likeness (QED) is 0.848. The number of hydrogen-bond acceptors (Lipinski definition) is 5. The van der Waals surface area contributed by atoms with E-state index in [-0.39, 0.29) is 10.8 Å². The minimum Gasteiger partial charge on any atom is -0.472 e. The van der Waals surface area contributed by atoms with E-state index in [9.17, 15) is 13.5 Å². The third-order valence-electron chi connectivity index (χ3n) is 2.40. The molecule has 0 unspecified atom stereocenters. The maximum absolute atomic E-state index is 11.8. The number of hydrogen-bond donors (Lipinski definition) is 2. The van der Waals surface area contributed by atoms with E-state index >= 15 is 0 Å². The SMILES string of the molecule is O=S(=O)(NCC[C@@H](O)c1ccoc1)c1cccs1. The Balaban J connectivity index is 1.86. The van der Waals surface area contributed by atoms with E-state index in [1.165, 1.54) is 12.5 Å². The third kappa shape index (κ3) is 3.20. The molecular formula is C11H13NO4S2. The van der Waals surface area contributed by atoms with Gasteiger partial charge in [-0.1, -0.05) is 6.07 Å². The summed E-state index contributed by atoms with van der Waals surface area (Å²) in [6.45, 7) is 0.173. The molecule has 2 heterocycles. The van der Waals surface area contributed by atoms with Crippen molar-refractivity contribution < 1.29 is 17.9 Å². The lowest BCUT2D eigenvalue weighted by molar-refractivity contribution is 0.168. The second-order valence-electron chi connectivity index (χ2n) is 3.69. The molecule has 0 fully saturated rings. The van der Waals surface area contributed by atoms with Gasteiger partial charge in [-0.05, 0) is 23.9 Å². The Morgan fingerprint density at radius 1 is 1.44 bits per heavy atom. The van der Waals surface area contributed by atoms with Crippen LogP contribution in [0.2, 0.25) is 0 Å². The van der Waals surface area contributed by atoms with Gasteiger partial charge in [0.1, 0.15) is 4.21 Å². The van der Waals surface area contributed by atoms with Crippen LogP contribution in [0.25, 0.3) is 0 Å². The van der Waals surface area contributed by atoms with E-state index in [1.807, 2.05) is 0 Å². The Morgan fingerprint density at radius 3 is 2.89 bits per heavy atom. The summed E-state index contributed by atoms with van der Waals surface area (Å²) in [6.07, 6.45) is 2.48. The van der Waals surface area contributed by atoms with Crippen LogP contribution in [0.3, 0.4) is 0 Å². The second-order valence-corrected chi connectivity index (χ2v) is 6.63. The van der Waals surface area contributed by atoms with Crippen LogP contribution in [0.4, 0.5) is 0 Å². The van der Waals surface area contributed by atoms with Gasteiger partial charge >= 0.3 is 0 Å². The molecule has 1 atom stereocenters. The molecular weight excluding hydrogens is 274 g/mol. The highest BCUT2D eigenvalue weighted by atomic mass is 32.2. The first-order valence-corrected chi connectivity index (χ1v) is 7.69. The van der Waals surface area contributed by atoms with Crippen molar-refractivity contribution >= 4 is 21.4 Å². The Kier molecular flexibility index (Phi) is 4.18. The van der Waals surface area contributed by atoms with Crippen molar-refractivity contribution in [3.05, 3.63) is 41.7 Å². The monoisotopic (exact) mass is 287 g/mol. The summed E-state index contributed by atoms with van der Waals surface area (Å²) in [4.78, 5) is 0. The van der Waals surface area contributed by atoms with Crippen LogP contribution in [-0.4, -0.2) is 20.1 Å². The average molecular weight is 287 g/mol. The van der Waals surface area contributed by atoms with Gasteiger partial charge < -0.3 is 9.52 Å². The van der Waals surface area contributed by atoms with E-state index in [4.69, 9.17) is 4.42 Å². The first-order chi connectivity index (χ1) is 8.59. The van der Waals surface area contributed by atoms with Gasteiger partial charge in [0.15, 0.2) is 0 Å². The molecule has 2 rings (SSSR count). The Morgan fingerprint density at radius 2 is 2.28 bits per heavy atom. The van der Waals surface area contributed by atoms with Crippen LogP contribution in [0, 0.1) is 0 Å². The molecule has 0 bridgehead atoms. The van der Waals surface area contributed by atoms with Crippen molar-refractivity contribution in [3.8, 4) is 0 Å². The van der Waals surface area contributed by atoms with E-state index in [0.717, 1.165) is 11.3 Å². The van der Waals surface area contributed by atoms with Gasteiger partial charge in [0.2, 0.25) is 10.0 Å². The predicted molar refractivity (Wildman–Crippen MR) is 67.8 cm³/mol. The first-order valence-electron chi connectivity index (χ1n) is 5.33. The molecule has 5 nitrogen and oxygen atoms in total. The van der Waals surface area contributed by atoms with Crippen molar-refractivity contribution in [2.45, 2.75) is 16.7 Å². The zero-order valence-electron chi connectivity index (χ0n) is 9.44. The topological polar surface area (TPSA) is 79.5 Å². The summed E-state index contributed by atoms with van der Waals surface area (Å²) in [5.74, 6) is 0. The normalized spacial score (nSPS) is 13.6. The minimum absolute atomic E-state index is 0.173. The molecule has 2 N–H and O–H groups in total. The second kappa shape index (κ2) is 5.66. The summed E-state index contributed by atoms with van der Waals surface area (Å²) in [7, 11) is -3.45. The van der Waals surface area contributed by atoms with Crippen molar-refractivity contribution in [1.82, 2.24) is 4.72 Å².